The van der Waals surface area contributed by atoms with E-state index in [9.17, 15) is 14.9 Å². The van der Waals surface area contributed by atoms with Gasteiger partial charge in [-0.05, 0) is 6.07 Å². The summed E-state index contributed by atoms with van der Waals surface area (Å²) < 4.78 is 4.30. The first kappa shape index (κ1) is 12.9. The molecule has 90 valence electrons. The molecule has 1 N–H and O–H groups in total. The quantitative estimate of drug-likeness (QED) is 0.384. The van der Waals surface area contributed by atoms with Crippen LogP contribution >= 0.6 is 11.6 Å². The fourth-order valence-corrected chi connectivity index (χ4v) is 1.09. The van der Waals surface area contributed by atoms with Gasteiger partial charge in [0.05, 0.1) is 12.0 Å². The summed E-state index contributed by atoms with van der Waals surface area (Å²) in [7, 11) is 1.14. The van der Waals surface area contributed by atoms with Crippen molar-refractivity contribution >= 4 is 34.1 Å². The molecule has 0 aliphatic heterocycles. The first-order valence-corrected chi connectivity index (χ1v) is 4.75. The van der Waals surface area contributed by atoms with Crippen molar-refractivity contribution in [3.05, 3.63) is 34.4 Å². The van der Waals surface area contributed by atoms with Crippen LogP contribution in [-0.2, 0) is 9.53 Å². The molecule has 0 radical (unpaired) electrons. The number of hydrogen-bond acceptors (Lipinski definition) is 6. The standard InChI is InChI=1S/C9H8ClN3O4/c1-17-9(14)8(10)12-11-6-4-2-3-5-7(6)13(15)16/h2-5,11H,1H3/b12-8-. The van der Waals surface area contributed by atoms with E-state index in [-0.39, 0.29) is 11.4 Å². The van der Waals surface area contributed by atoms with E-state index in [0.717, 1.165) is 7.11 Å². The number of ether oxygens (including phenoxy) is 1. The molecule has 0 aliphatic carbocycles. The zero-order chi connectivity index (χ0) is 12.8. The smallest absolute Gasteiger partial charge is 0.370 e. The zero-order valence-electron chi connectivity index (χ0n) is 8.71. The fourth-order valence-electron chi connectivity index (χ4n) is 0.967. The molecule has 0 aliphatic rings. The molecule has 0 saturated carbocycles. The van der Waals surface area contributed by atoms with Crippen LogP contribution in [0.15, 0.2) is 29.4 Å². The van der Waals surface area contributed by atoms with Gasteiger partial charge in [0.1, 0.15) is 5.69 Å². The van der Waals surface area contributed by atoms with Gasteiger partial charge in [-0.1, -0.05) is 23.7 Å². The van der Waals surface area contributed by atoms with E-state index in [0.29, 0.717) is 0 Å². The lowest BCUT2D eigenvalue weighted by Gasteiger charge is -2.01. The number of benzene rings is 1. The summed E-state index contributed by atoms with van der Waals surface area (Å²) in [6, 6.07) is 5.82. The number of carbonyl (C=O) groups is 1. The zero-order valence-corrected chi connectivity index (χ0v) is 9.47. The highest BCUT2D eigenvalue weighted by atomic mass is 35.5. The Kier molecular flexibility index (Phi) is 4.41. The highest BCUT2D eigenvalue weighted by molar-refractivity contribution is 6.82. The van der Waals surface area contributed by atoms with Crippen LogP contribution in [-0.4, -0.2) is 23.2 Å². The number of anilines is 1. The van der Waals surface area contributed by atoms with Gasteiger partial charge in [-0.25, -0.2) is 4.79 Å². The third kappa shape index (κ3) is 3.42. The van der Waals surface area contributed by atoms with Crippen LogP contribution in [0, 0.1) is 10.1 Å². The van der Waals surface area contributed by atoms with Gasteiger partial charge in [0.25, 0.3) is 5.69 Å². The molecule has 0 heterocycles. The molecule has 17 heavy (non-hydrogen) atoms. The van der Waals surface area contributed by atoms with E-state index in [1.165, 1.54) is 18.2 Å². The van der Waals surface area contributed by atoms with Gasteiger partial charge in [-0.15, -0.1) is 0 Å². The normalized spacial score (nSPS) is 10.8. The number of nitrogens with zero attached hydrogens (tertiary/aromatic N) is 2. The van der Waals surface area contributed by atoms with E-state index >= 15 is 0 Å². The first-order chi connectivity index (χ1) is 8.06. The average molecular weight is 258 g/mol. The molecule has 0 fully saturated rings. The van der Waals surface area contributed by atoms with Crippen molar-refractivity contribution in [2.24, 2.45) is 5.10 Å². The predicted octanol–water partition coefficient (Wildman–Crippen LogP) is 1.73. The number of rotatable bonds is 4. The number of hydrogen-bond donors (Lipinski definition) is 1. The SMILES string of the molecule is COC(=O)/C(Cl)=N/Nc1ccccc1[N+](=O)[O-]. The maximum Gasteiger partial charge on any atom is 0.370 e. The number of hydrazone groups is 1. The van der Waals surface area contributed by atoms with Gasteiger partial charge in [0, 0.05) is 6.07 Å². The van der Waals surface area contributed by atoms with Crippen LogP contribution < -0.4 is 5.43 Å². The molecule has 0 atom stereocenters. The second-order valence-electron chi connectivity index (χ2n) is 2.78. The Hall–Kier alpha value is -2.15. The first-order valence-electron chi connectivity index (χ1n) is 4.37. The Morgan fingerprint density at radius 1 is 1.53 bits per heavy atom. The molecular weight excluding hydrogens is 250 g/mol. The monoisotopic (exact) mass is 257 g/mol. The van der Waals surface area contributed by atoms with Crippen molar-refractivity contribution in [1.29, 1.82) is 0 Å². The molecular formula is C9H8ClN3O4. The van der Waals surface area contributed by atoms with Crippen LogP contribution in [0.25, 0.3) is 0 Å². The molecule has 0 unspecified atom stereocenters. The van der Waals surface area contributed by atoms with E-state index < -0.39 is 16.1 Å². The minimum absolute atomic E-state index is 0.125. The van der Waals surface area contributed by atoms with Gasteiger partial charge in [0.2, 0.25) is 5.17 Å². The highest BCUT2D eigenvalue weighted by Crippen LogP contribution is 2.23. The van der Waals surface area contributed by atoms with Crippen LogP contribution in [0.3, 0.4) is 0 Å². The van der Waals surface area contributed by atoms with Gasteiger partial charge in [-0.3, -0.25) is 15.5 Å². The Labute approximate surface area is 101 Å². The number of halogens is 1. The molecule has 0 bridgehead atoms. The summed E-state index contributed by atoms with van der Waals surface area (Å²) in [4.78, 5) is 21.0. The fraction of sp³-hybridized carbons (Fsp3) is 0.111. The molecule has 1 rings (SSSR count). The number of nitro benzene ring substituents is 1. The number of nitro groups is 1. The van der Waals surface area contributed by atoms with Crippen molar-refractivity contribution < 1.29 is 14.5 Å². The van der Waals surface area contributed by atoms with Gasteiger partial charge < -0.3 is 4.74 Å². The molecule has 0 amide bonds. The van der Waals surface area contributed by atoms with Gasteiger partial charge in [0.15, 0.2) is 0 Å². The Morgan fingerprint density at radius 2 is 2.18 bits per heavy atom. The summed E-state index contributed by atoms with van der Waals surface area (Å²) in [5.74, 6) is -0.835. The van der Waals surface area contributed by atoms with Gasteiger partial charge in [-0.2, -0.15) is 5.10 Å². The van der Waals surface area contributed by atoms with Crippen LogP contribution in [0.1, 0.15) is 0 Å². The molecule has 1 aromatic rings. The van der Waals surface area contributed by atoms with Crippen LogP contribution in [0.2, 0.25) is 0 Å². The second kappa shape index (κ2) is 5.80. The van der Waals surface area contributed by atoms with E-state index in [2.05, 4.69) is 15.3 Å². The summed E-state index contributed by atoms with van der Waals surface area (Å²) in [6.45, 7) is 0. The number of methoxy groups -OCH3 is 1. The topological polar surface area (TPSA) is 93.8 Å². The summed E-state index contributed by atoms with van der Waals surface area (Å²) >= 11 is 5.46. The predicted molar refractivity (Wildman–Crippen MR) is 62.0 cm³/mol. The Bertz CT molecular complexity index is 475. The molecule has 0 aromatic heterocycles. The lowest BCUT2D eigenvalue weighted by molar-refractivity contribution is -0.384. The van der Waals surface area contributed by atoms with Crippen molar-refractivity contribution in [2.75, 3.05) is 12.5 Å². The summed E-state index contributed by atoms with van der Waals surface area (Å²) in [5.41, 5.74) is 2.27. The number of carbonyl (C=O) groups excluding carboxylic acids is 1. The van der Waals surface area contributed by atoms with Crippen molar-refractivity contribution in [3.63, 3.8) is 0 Å². The second-order valence-corrected chi connectivity index (χ2v) is 3.14. The van der Waals surface area contributed by atoms with Crippen LogP contribution in [0.4, 0.5) is 11.4 Å². The van der Waals surface area contributed by atoms with Gasteiger partial charge >= 0.3 is 5.97 Å². The largest absolute Gasteiger partial charge is 0.464 e. The lowest BCUT2D eigenvalue weighted by atomic mass is 10.3. The lowest BCUT2D eigenvalue weighted by Crippen LogP contribution is -2.11. The van der Waals surface area contributed by atoms with E-state index in [4.69, 9.17) is 11.6 Å². The van der Waals surface area contributed by atoms with Crippen molar-refractivity contribution in [2.45, 2.75) is 0 Å². The molecule has 8 heteroatoms. The van der Waals surface area contributed by atoms with E-state index in [1.807, 2.05) is 0 Å². The van der Waals surface area contributed by atoms with Crippen molar-refractivity contribution in [1.82, 2.24) is 0 Å². The maximum atomic E-state index is 10.9. The number of nitrogens with one attached hydrogen (secondary N) is 1. The highest BCUT2D eigenvalue weighted by Gasteiger charge is 2.13. The Balaban J connectivity index is 2.89. The Morgan fingerprint density at radius 3 is 2.76 bits per heavy atom. The molecule has 0 spiro atoms. The summed E-state index contributed by atoms with van der Waals surface area (Å²) in [5, 5.41) is 13.7. The summed E-state index contributed by atoms with van der Waals surface area (Å²) in [6.07, 6.45) is 0. The minimum Gasteiger partial charge on any atom is -0.464 e. The maximum absolute atomic E-state index is 10.9. The van der Waals surface area contributed by atoms with E-state index in [1.54, 1.807) is 6.07 Å². The average Bonchev–Trinajstić information content (AvgIpc) is 2.35. The number of para-hydroxylation sites is 2. The molecule has 0 saturated heterocycles. The third-order valence-electron chi connectivity index (χ3n) is 1.73. The number of esters is 1. The molecule has 7 nitrogen and oxygen atoms in total. The van der Waals surface area contributed by atoms with Crippen LogP contribution in [0.5, 0.6) is 0 Å². The van der Waals surface area contributed by atoms with Crippen molar-refractivity contribution in [3.8, 4) is 0 Å². The minimum atomic E-state index is -0.835. The molecule has 1 aromatic carbocycles. The third-order valence-corrected chi connectivity index (χ3v) is 1.97.